The molecule has 5 rings (SSSR count). The van der Waals surface area contributed by atoms with E-state index in [-0.39, 0.29) is 23.7 Å². The van der Waals surface area contributed by atoms with Crippen molar-refractivity contribution >= 4 is 11.8 Å². The zero-order valence-electron chi connectivity index (χ0n) is 20.2. The molecule has 1 fully saturated rings. The number of fused-ring (bicyclic) bond motifs is 1. The molecule has 6 nitrogen and oxygen atoms in total. The predicted molar refractivity (Wildman–Crippen MR) is 134 cm³/mol. The van der Waals surface area contributed by atoms with Gasteiger partial charge in [0.25, 0.3) is 0 Å². The number of rotatable bonds is 7. The van der Waals surface area contributed by atoms with Crippen LogP contribution in [-0.4, -0.2) is 33.8 Å². The maximum Gasteiger partial charge on any atom is 0.246 e. The second kappa shape index (κ2) is 9.90. The van der Waals surface area contributed by atoms with Gasteiger partial charge in [0.1, 0.15) is 17.8 Å². The average Bonchev–Trinajstić information content (AvgIpc) is 3.28. The van der Waals surface area contributed by atoms with Gasteiger partial charge in [-0.3, -0.25) is 9.59 Å². The van der Waals surface area contributed by atoms with Crippen LogP contribution in [0.25, 0.3) is 0 Å². The van der Waals surface area contributed by atoms with E-state index in [1.54, 1.807) is 17.2 Å². The highest BCUT2D eigenvalue weighted by Gasteiger charge is 2.45. The lowest BCUT2D eigenvalue weighted by Crippen LogP contribution is -2.65. The number of carbonyl (C=O) groups excluding carboxylic acids is 2. The number of amides is 2. The highest BCUT2D eigenvalue weighted by molar-refractivity contribution is 5.97. The minimum atomic E-state index is -0.508. The molecule has 1 aliphatic heterocycles. The summed E-state index contributed by atoms with van der Waals surface area (Å²) in [6, 6.07) is 20.5. The molecule has 2 heterocycles. The lowest BCUT2D eigenvalue weighted by Gasteiger charge is -2.41. The van der Waals surface area contributed by atoms with Gasteiger partial charge < -0.3 is 15.0 Å². The second-order valence-electron chi connectivity index (χ2n) is 9.95. The van der Waals surface area contributed by atoms with Crippen molar-refractivity contribution in [3.8, 4) is 11.6 Å². The number of carbonyl (C=O) groups is 2. The smallest absolute Gasteiger partial charge is 0.246 e. The highest BCUT2D eigenvalue weighted by atomic mass is 16.5. The molecule has 1 saturated heterocycles. The topological polar surface area (TPSA) is 71.5 Å². The van der Waals surface area contributed by atoms with Gasteiger partial charge in [-0.25, -0.2) is 4.98 Å². The molecule has 2 amide bonds. The van der Waals surface area contributed by atoms with Crippen LogP contribution in [0.4, 0.5) is 0 Å². The number of benzene rings is 2. The quantitative estimate of drug-likeness (QED) is 0.552. The van der Waals surface area contributed by atoms with Crippen molar-refractivity contribution in [3.05, 3.63) is 89.6 Å². The summed E-state index contributed by atoms with van der Waals surface area (Å²) in [4.78, 5) is 33.1. The van der Waals surface area contributed by atoms with E-state index in [1.165, 1.54) is 11.1 Å². The van der Waals surface area contributed by atoms with E-state index in [0.717, 1.165) is 18.4 Å². The van der Waals surface area contributed by atoms with Crippen LogP contribution in [0, 0.1) is 11.8 Å². The Bertz CT molecular complexity index is 1190. The number of ether oxygens (including phenoxy) is 1. The first-order chi connectivity index (χ1) is 17.0. The summed E-state index contributed by atoms with van der Waals surface area (Å²) < 4.78 is 5.89. The maximum absolute atomic E-state index is 13.9. The Morgan fingerprint density at radius 1 is 1.00 bits per heavy atom. The molecule has 0 spiro atoms. The molecular formula is C29H31N3O3. The van der Waals surface area contributed by atoms with Crippen LogP contribution in [0.1, 0.15) is 37.0 Å². The highest BCUT2D eigenvalue weighted by Crippen LogP contribution is 2.32. The molecule has 2 atom stereocenters. The molecule has 0 bridgehead atoms. The zero-order valence-corrected chi connectivity index (χ0v) is 20.2. The third-order valence-corrected chi connectivity index (χ3v) is 6.89. The minimum Gasteiger partial charge on any atom is -0.439 e. The number of nitrogens with zero attached hydrogens (tertiary/aromatic N) is 2. The van der Waals surface area contributed by atoms with Crippen LogP contribution in [-0.2, 0) is 29.0 Å². The summed E-state index contributed by atoms with van der Waals surface area (Å²) in [6.07, 6.45) is 3.92. The number of hydrogen-bond donors (Lipinski definition) is 1. The fourth-order valence-corrected chi connectivity index (χ4v) is 5.23. The van der Waals surface area contributed by atoms with Crippen molar-refractivity contribution in [3.63, 3.8) is 0 Å². The Kier molecular flexibility index (Phi) is 6.53. The summed E-state index contributed by atoms with van der Waals surface area (Å²) >= 11 is 0. The van der Waals surface area contributed by atoms with Crippen molar-refractivity contribution < 1.29 is 14.3 Å². The van der Waals surface area contributed by atoms with Gasteiger partial charge in [0.2, 0.25) is 17.7 Å². The Labute approximate surface area is 206 Å². The monoisotopic (exact) mass is 469 g/mol. The van der Waals surface area contributed by atoms with Crippen LogP contribution in [0.3, 0.4) is 0 Å². The molecule has 0 radical (unpaired) electrons. The summed E-state index contributed by atoms with van der Waals surface area (Å²) in [5.41, 5.74) is 3.47. The predicted octanol–water partition coefficient (Wildman–Crippen LogP) is 4.53. The first kappa shape index (κ1) is 23.1. The van der Waals surface area contributed by atoms with Crippen molar-refractivity contribution in [1.82, 2.24) is 15.2 Å². The standard InChI is InChI=1S/C29H31N3O3/c1-19(2)14-25-28(33)31-27(23-16-21-9-3-4-10-22(21)17-23)29(34)32(25)18-20-8-7-11-24(15-20)35-26-12-5-6-13-30-26/h3-13,15,19,23,25,27H,14,16-18H2,1-2H3,(H,31,33)/t25-,27-/m1/s1. The molecule has 3 aromatic rings. The molecule has 35 heavy (non-hydrogen) atoms. The van der Waals surface area contributed by atoms with Gasteiger partial charge in [-0.2, -0.15) is 0 Å². The van der Waals surface area contributed by atoms with Gasteiger partial charge in [-0.1, -0.05) is 56.3 Å². The fourth-order valence-electron chi connectivity index (χ4n) is 5.23. The average molecular weight is 470 g/mol. The van der Waals surface area contributed by atoms with Crippen molar-refractivity contribution in [2.75, 3.05) is 0 Å². The van der Waals surface area contributed by atoms with Gasteiger partial charge in [-0.05, 0) is 66.0 Å². The third-order valence-electron chi connectivity index (χ3n) is 6.89. The summed E-state index contributed by atoms with van der Waals surface area (Å²) in [5.74, 6) is 1.47. The van der Waals surface area contributed by atoms with E-state index < -0.39 is 12.1 Å². The van der Waals surface area contributed by atoms with Crippen LogP contribution < -0.4 is 10.1 Å². The van der Waals surface area contributed by atoms with E-state index >= 15 is 0 Å². The molecule has 1 aliphatic carbocycles. The Balaban J connectivity index is 1.38. The molecule has 0 saturated carbocycles. The molecule has 0 unspecified atom stereocenters. The van der Waals surface area contributed by atoms with E-state index in [2.05, 4.69) is 36.3 Å². The summed E-state index contributed by atoms with van der Waals surface area (Å²) in [7, 11) is 0. The molecule has 1 N–H and O–H groups in total. The summed E-state index contributed by atoms with van der Waals surface area (Å²) in [5, 5.41) is 3.10. The summed E-state index contributed by atoms with van der Waals surface area (Å²) in [6.45, 7) is 4.52. The first-order valence-corrected chi connectivity index (χ1v) is 12.3. The van der Waals surface area contributed by atoms with Gasteiger partial charge in [-0.15, -0.1) is 0 Å². The number of piperazine rings is 1. The number of pyridine rings is 1. The van der Waals surface area contributed by atoms with Crippen molar-refractivity contribution in [2.45, 2.75) is 51.7 Å². The van der Waals surface area contributed by atoms with Crippen LogP contribution in [0.5, 0.6) is 11.6 Å². The molecule has 1 aromatic heterocycles. The third kappa shape index (κ3) is 5.06. The lowest BCUT2D eigenvalue weighted by molar-refractivity contribution is -0.152. The normalized spacial score (nSPS) is 20.1. The van der Waals surface area contributed by atoms with E-state index in [0.29, 0.717) is 24.6 Å². The molecule has 2 aliphatic rings. The molecule has 2 aromatic carbocycles. The molecular weight excluding hydrogens is 438 g/mol. The van der Waals surface area contributed by atoms with Gasteiger partial charge in [0, 0.05) is 18.8 Å². The van der Waals surface area contributed by atoms with Crippen LogP contribution >= 0.6 is 0 Å². The van der Waals surface area contributed by atoms with E-state index in [9.17, 15) is 9.59 Å². The van der Waals surface area contributed by atoms with E-state index in [4.69, 9.17) is 4.74 Å². The molecule has 180 valence electrons. The Hall–Kier alpha value is -3.67. The first-order valence-electron chi connectivity index (χ1n) is 12.3. The zero-order chi connectivity index (χ0) is 24.4. The largest absolute Gasteiger partial charge is 0.439 e. The van der Waals surface area contributed by atoms with Gasteiger partial charge in [0.05, 0.1) is 0 Å². The second-order valence-corrected chi connectivity index (χ2v) is 9.95. The number of hydrogen-bond acceptors (Lipinski definition) is 4. The van der Waals surface area contributed by atoms with Gasteiger partial charge >= 0.3 is 0 Å². The van der Waals surface area contributed by atoms with E-state index in [1.807, 2.05) is 48.5 Å². The van der Waals surface area contributed by atoms with Gasteiger partial charge in [0.15, 0.2) is 0 Å². The van der Waals surface area contributed by atoms with Crippen LogP contribution in [0.15, 0.2) is 72.9 Å². The SMILES string of the molecule is CC(C)C[C@@H]1C(=O)N[C@H](C2Cc3ccccc3C2)C(=O)N1Cc1cccc(Oc2ccccn2)c1. The maximum atomic E-state index is 13.9. The molecule has 6 heteroatoms. The van der Waals surface area contributed by atoms with Crippen LogP contribution in [0.2, 0.25) is 0 Å². The van der Waals surface area contributed by atoms with Crippen molar-refractivity contribution in [1.29, 1.82) is 0 Å². The minimum absolute atomic E-state index is 0.00380. The Morgan fingerprint density at radius 2 is 1.74 bits per heavy atom. The number of aromatic nitrogens is 1. The number of nitrogens with one attached hydrogen (secondary N) is 1. The fraction of sp³-hybridized carbons (Fsp3) is 0.345. The van der Waals surface area contributed by atoms with Crippen molar-refractivity contribution in [2.24, 2.45) is 11.8 Å². The Morgan fingerprint density at radius 3 is 2.43 bits per heavy atom. The lowest BCUT2D eigenvalue weighted by atomic mass is 9.90.